The lowest BCUT2D eigenvalue weighted by Gasteiger charge is -2.31. The number of benzene rings is 1. The highest BCUT2D eigenvalue weighted by Crippen LogP contribution is 2.25. The third kappa shape index (κ3) is 5.31. The van der Waals surface area contributed by atoms with Crippen LogP contribution in [0.25, 0.3) is 0 Å². The normalized spacial score (nSPS) is 18.3. The summed E-state index contributed by atoms with van der Waals surface area (Å²) in [6.45, 7) is 1.13. The van der Waals surface area contributed by atoms with E-state index in [0.29, 0.717) is 36.8 Å². The van der Waals surface area contributed by atoms with Crippen LogP contribution in [0.5, 0.6) is 0 Å². The predicted molar refractivity (Wildman–Crippen MR) is 106 cm³/mol. The monoisotopic (exact) mass is 473 g/mol. The van der Waals surface area contributed by atoms with Gasteiger partial charge in [-0.15, -0.1) is 0 Å². The van der Waals surface area contributed by atoms with E-state index in [1.807, 2.05) is 0 Å². The van der Waals surface area contributed by atoms with E-state index in [-0.39, 0.29) is 23.3 Å². The first-order valence-corrected chi connectivity index (χ1v) is 11.7. The Balaban J connectivity index is 1.53. The molecule has 0 unspecified atom stereocenters. The molecule has 1 aromatic carbocycles. The van der Waals surface area contributed by atoms with Crippen LogP contribution in [0.15, 0.2) is 45.1 Å². The Bertz CT molecular complexity index is 859. The summed E-state index contributed by atoms with van der Waals surface area (Å²) in [4.78, 5) is 16.7. The largest absolute Gasteiger partial charge is 0.355 e. The molecule has 0 spiro atoms. The first-order chi connectivity index (χ1) is 13.0. The summed E-state index contributed by atoms with van der Waals surface area (Å²) >= 11 is 4.77. The van der Waals surface area contributed by atoms with Gasteiger partial charge >= 0.3 is 0 Å². The zero-order chi connectivity index (χ0) is 19.3. The molecule has 3 rings (SSSR count). The third-order valence-electron chi connectivity index (χ3n) is 4.24. The van der Waals surface area contributed by atoms with Gasteiger partial charge in [0, 0.05) is 29.9 Å². The number of thioether (sulfide) groups is 1. The smallest absolute Gasteiger partial charge is 0.243 e. The van der Waals surface area contributed by atoms with Gasteiger partial charge in [-0.25, -0.2) is 13.4 Å². The van der Waals surface area contributed by atoms with Crippen molar-refractivity contribution in [1.29, 1.82) is 0 Å². The molecular weight excluding hydrogens is 454 g/mol. The Kier molecular flexibility index (Phi) is 6.90. The van der Waals surface area contributed by atoms with Crippen molar-refractivity contribution in [3.8, 4) is 0 Å². The van der Waals surface area contributed by atoms with E-state index >= 15 is 0 Å². The van der Waals surface area contributed by atoms with Gasteiger partial charge in [-0.1, -0.05) is 27.7 Å². The lowest BCUT2D eigenvalue weighted by Crippen LogP contribution is -2.45. The van der Waals surface area contributed by atoms with Crippen LogP contribution in [0.1, 0.15) is 12.8 Å². The van der Waals surface area contributed by atoms with Gasteiger partial charge in [0.25, 0.3) is 0 Å². The van der Waals surface area contributed by atoms with Gasteiger partial charge in [0.15, 0.2) is 5.16 Å². The molecule has 0 radical (unpaired) electrons. The van der Waals surface area contributed by atoms with Crippen molar-refractivity contribution in [2.24, 2.45) is 5.92 Å². The Hall–Kier alpha value is -1.43. The number of nitrogens with zero attached hydrogens (tertiary/aromatic N) is 3. The van der Waals surface area contributed by atoms with E-state index in [0.717, 1.165) is 4.47 Å². The van der Waals surface area contributed by atoms with E-state index in [9.17, 15) is 13.2 Å². The average Bonchev–Trinajstić information content (AvgIpc) is 3.19. The SMILES string of the molecule is O=C(NCCSc1ncn[nH]1)[C@@H]1CCCN(S(=O)(=O)c2ccc(Br)cc2)C1. The number of carbonyl (C=O) groups excluding carboxylic acids is 1. The molecule has 1 aromatic heterocycles. The van der Waals surface area contributed by atoms with Crippen LogP contribution >= 0.6 is 27.7 Å². The van der Waals surface area contributed by atoms with Crippen molar-refractivity contribution < 1.29 is 13.2 Å². The molecule has 8 nitrogen and oxygen atoms in total. The number of sulfonamides is 1. The lowest BCUT2D eigenvalue weighted by atomic mass is 9.99. The topological polar surface area (TPSA) is 108 Å². The van der Waals surface area contributed by atoms with Crippen LogP contribution in [-0.2, 0) is 14.8 Å². The quantitative estimate of drug-likeness (QED) is 0.469. The van der Waals surface area contributed by atoms with Gasteiger partial charge < -0.3 is 5.32 Å². The molecule has 1 saturated heterocycles. The number of nitrogens with one attached hydrogen (secondary N) is 2. The highest BCUT2D eigenvalue weighted by molar-refractivity contribution is 9.10. The molecule has 11 heteroatoms. The summed E-state index contributed by atoms with van der Waals surface area (Å²) in [5.41, 5.74) is 0. The maximum atomic E-state index is 12.8. The summed E-state index contributed by atoms with van der Waals surface area (Å²) in [6, 6.07) is 6.55. The predicted octanol–water partition coefficient (Wildman–Crippen LogP) is 1.88. The number of hydrogen-bond donors (Lipinski definition) is 2. The maximum absolute atomic E-state index is 12.8. The summed E-state index contributed by atoms with van der Waals surface area (Å²) in [5, 5.41) is 10.1. The molecule has 1 aliphatic rings. The highest BCUT2D eigenvalue weighted by Gasteiger charge is 2.33. The number of carbonyl (C=O) groups is 1. The second-order valence-corrected chi connectivity index (χ2v) is 10.0. The lowest BCUT2D eigenvalue weighted by molar-refractivity contribution is -0.125. The van der Waals surface area contributed by atoms with Crippen molar-refractivity contribution in [3.63, 3.8) is 0 Å². The van der Waals surface area contributed by atoms with Crippen LogP contribution in [0, 0.1) is 5.92 Å². The summed E-state index contributed by atoms with van der Waals surface area (Å²) in [7, 11) is -3.59. The molecule has 146 valence electrons. The molecule has 1 fully saturated rings. The van der Waals surface area contributed by atoms with Gasteiger partial charge in [0.1, 0.15) is 6.33 Å². The Morgan fingerprint density at radius 2 is 2.15 bits per heavy atom. The minimum atomic E-state index is -3.59. The molecule has 27 heavy (non-hydrogen) atoms. The molecule has 1 amide bonds. The van der Waals surface area contributed by atoms with Crippen molar-refractivity contribution in [2.45, 2.75) is 22.9 Å². The molecule has 0 saturated carbocycles. The van der Waals surface area contributed by atoms with Crippen LogP contribution in [0.2, 0.25) is 0 Å². The van der Waals surface area contributed by atoms with Crippen LogP contribution < -0.4 is 5.32 Å². The molecule has 2 heterocycles. The maximum Gasteiger partial charge on any atom is 0.243 e. The molecule has 2 aromatic rings. The van der Waals surface area contributed by atoms with Gasteiger partial charge in [-0.2, -0.15) is 9.40 Å². The number of piperidine rings is 1. The fourth-order valence-electron chi connectivity index (χ4n) is 2.86. The molecule has 0 bridgehead atoms. The second-order valence-electron chi connectivity index (χ2n) is 6.09. The fraction of sp³-hybridized carbons (Fsp3) is 0.438. The fourth-order valence-corrected chi connectivity index (χ4v) is 5.29. The molecule has 2 N–H and O–H groups in total. The van der Waals surface area contributed by atoms with Gasteiger partial charge in [-0.05, 0) is 37.1 Å². The number of halogens is 1. The number of H-pyrrole nitrogens is 1. The standard InChI is InChI=1S/C16H20BrN5O3S2/c17-13-3-5-14(6-4-13)27(24,25)22-8-1-2-12(10-22)15(23)18-7-9-26-16-19-11-20-21-16/h3-6,11-12H,1-2,7-10H2,(H,18,23)(H,19,20,21)/t12-/m1/s1. The number of aromatic amines is 1. The van der Waals surface area contributed by atoms with E-state index in [2.05, 4.69) is 36.4 Å². The average molecular weight is 474 g/mol. The second kappa shape index (κ2) is 9.18. The summed E-state index contributed by atoms with van der Waals surface area (Å²) in [6.07, 6.45) is 2.79. The van der Waals surface area contributed by atoms with E-state index in [1.54, 1.807) is 24.3 Å². The molecular formula is C16H20BrN5O3S2. The molecule has 1 atom stereocenters. The Morgan fingerprint density at radius 1 is 1.37 bits per heavy atom. The zero-order valence-corrected chi connectivity index (χ0v) is 17.7. The van der Waals surface area contributed by atoms with Crippen molar-refractivity contribution in [2.75, 3.05) is 25.4 Å². The minimum absolute atomic E-state index is 0.108. The van der Waals surface area contributed by atoms with Crippen LogP contribution in [0.3, 0.4) is 0 Å². The summed E-state index contributed by atoms with van der Waals surface area (Å²) < 4.78 is 27.9. The van der Waals surface area contributed by atoms with Crippen molar-refractivity contribution >= 4 is 43.6 Å². The Morgan fingerprint density at radius 3 is 2.85 bits per heavy atom. The van der Waals surface area contributed by atoms with E-state index in [1.165, 1.54) is 22.4 Å². The number of aromatic nitrogens is 3. The van der Waals surface area contributed by atoms with Crippen LogP contribution in [0.4, 0.5) is 0 Å². The van der Waals surface area contributed by atoms with Gasteiger partial charge in [0.05, 0.1) is 10.8 Å². The van der Waals surface area contributed by atoms with Crippen LogP contribution in [-0.4, -0.2) is 59.2 Å². The number of amides is 1. The molecule has 1 aliphatic heterocycles. The number of rotatable bonds is 7. The van der Waals surface area contributed by atoms with Gasteiger partial charge in [0.2, 0.25) is 15.9 Å². The first-order valence-electron chi connectivity index (χ1n) is 8.48. The summed E-state index contributed by atoms with van der Waals surface area (Å²) in [5.74, 6) is 0.220. The zero-order valence-electron chi connectivity index (χ0n) is 14.5. The first kappa shape index (κ1) is 20.3. The Labute approximate surface area is 170 Å². The third-order valence-corrected chi connectivity index (χ3v) is 7.53. The van der Waals surface area contributed by atoms with Crippen molar-refractivity contribution in [3.05, 3.63) is 35.1 Å². The van der Waals surface area contributed by atoms with Crippen molar-refractivity contribution in [1.82, 2.24) is 24.8 Å². The molecule has 0 aliphatic carbocycles. The highest BCUT2D eigenvalue weighted by atomic mass is 79.9. The van der Waals surface area contributed by atoms with E-state index < -0.39 is 10.0 Å². The van der Waals surface area contributed by atoms with Gasteiger partial charge in [-0.3, -0.25) is 9.89 Å². The van der Waals surface area contributed by atoms with E-state index in [4.69, 9.17) is 0 Å². The minimum Gasteiger partial charge on any atom is -0.355 e. The number of hydrogen-bond acceptors (Lipinski definition) is 6.